The summed E-state index contributed by atoms with van der Waals surface area (Å²) in [6.07, 6.45) is 5.97. The van der Waals surface area contributed by atoms with E-state index < -0.39 is 50.2 Å². The van der Waals surface area contributed by atoms with Crippen molar-refractivity contribution in [1.82, 2.24) is 25.0 Å². The second kappa shape index (κ2) is 16.4. The fourth-order valence-electron chi connectivity index (χ4n) is 8.13. The summed E-state index contributed by atoms with van der Waals surface area (Å²) in [5, 5.41) is 3.42. The summed E-state index contributed by atoms with van der Waals surface area (Å²) in [5.41, 5.74) is 0.757. The van der Waals surface area contributed by atoms with E-state index in [1.807, 2.05) is 80.3 Å². The number of hydrogen-bond donors (Lipinski definition) is 2. The predicted molar refractivity (Wildman–Crippen MR) is 216 cm³/mol. The number of carbonyl (C=O) groups is 3. The lowest BCUT2D eigenvalue weighted by Gasteiger charge is -2.36. The van der Waals surface area contributed by atoms with Crippen molar-refractivity contribution in [2.75, 3.05) is 33.4 Å². The van der Waals surface area contributed by atoms with Crippen LogP contribution in [0.25, 0.3) is 22.2 Å². The molecule has 1 aromatic heterocycles. The van der Waals surface area contributed by atoms with Crippen LogP contribution in [-0.2, 0) is 29.2 Å². The molecule has 4 aliphatic rings. The van der Waals surface area contributed by atoms with E-state index in [1.165, 1.54) is 0 Å². The average Bonchev–Trinajstić information content (AvgIpc) is 4.13. The van der Waals surface area contributed by atoms with E-state index in [2.05, 4.69) is 16.8 Å². The van der Waals surface area contributed by atoms with Crippen LogP contribution in [0.15, 0.2) is 67.3 Å². The van der Waals surface area contributed by atoms with Gasteiger partial charge in [0.05, 0.1) is 48.2 Å². The summed E-state index contributed by atoms with van der Waals surface area (Å²) in [6.45, 7) is 11.1. The lowest BCUT2D eigenvalue weighted by Crippen LogP contribution is -2.54. The Morgan fingerprint density at radius 2 is 1.79 bits per heavy atom. The molecule has 57 heavy (non-hydrogen) atoms. The number of aromatic nitrogens is 1. The van der Waals surface area contributed by atoms with Crippen molar-refractivity contribution in [1.29, 1.82) is 0 Å². The largest absolute Gasteiger partial charge is 0.497 e. The third-order valence-corrected chi connectivity index (χ3v) is 13.6. The molecule has 2 aliphatic carbocycles. The summed E-state index contributed by atoms with van der Waals surface area (Å²) in [4.78, 5) is 59.2. The van der Waals surface area contributed by atoms with Crippen molar-refractivity contribution < 1.29 is 37.1 Å². The number of carbonyl (C=O) groups excluding carboxylic acids is 3. The molecular weight excluding hydrogens is 747 g/mol. The minimum Gasteiger partial charge on any atom is -0.497 e. The molecule has 2 aromatic carbocycles. The van der Waals surface area contributed by atoms with Gasteiger partial charge in [0.2, 0.25) is 27.7 Å². The molecule has 2 saturated carbocycles. The van der Waals surface area contributed by atoms with Gasteiger partial charge in [0, 0.05) is 54.9 Å². The van der Waals surface area contributed by atoms with Crippen molar-refractivity contribution in [3.8, 4) is 22.8 Å². The van der Waals surface area contributed by atoms with Gasteiger partial charge in [-0.05, 0) is 56.1 Å². The topological polar surface area (TPSA) is 156 Å². The SMILES string of the molecule is C=CC1CC1(CONS(=O)(=O)C1CC1)NC(=O)C1CC(Oc2cc(-c3ccccc3)nc3cc(OC)ccc23)CN1C(=O)C(CC(=O)N1CCCCC1)C(C)(C)C. The summed E-state index contributed by atoms with van der Waals surface area (Å²) in [5.74, 6) is -0.414. The number of amides is 3. The number of nitrogens with one attached hydrogen (secondary N) is 2. The van der Waals surface area contributed by atoms with Gasteiger partial charge in [-0.1, -0.05) is 62.1 Å². The van der Waals surface area contributed by atoms with Crippen molar-refractivity contribution in [2.24, 2.45) is 17.3 Å². The van der Waals surface area contributed by atoms with Crippen LogP contribution in [0, 0.1) is 17.3 Å². The molecule has 14 heteroatoms. The Morgan fingerprint density at radius 3 is 2.44 bits per heavy atom. The molecule has 3 amide bonds. The molecule has 306 valence electrons. The minimum absolute atomic E-state index is 0.0351. The first-order valence-corrected chi connectivity index (χ1v) is 21.6. The first-order chi connectivity index (χ1) is 27.2. The van der Waals surface area contributed by atoms with E-state index in [9.17, 15) is 22.8 Å². The van der Waals surface area contributed by atoms with Gasteiger partial charge in [-0.2, -0.15) is 0 Å². The van der Waals surface area contributed by atoms with E-state index >= 15 is 0 Å². The number of sulfonamides is 1. The highest BCUT2D eigenvalue weighted by molar-refractivity contribution is 7.90. The quantitative estimate of drug-likeness (QED) is 0.152. The predicted octanol–water partition coefficient (Wildman–Crippen LogP) is 5.40. The minimum atomic E-state index is -3.61. The highest BCUT2D eigenvalue weighted by atomic mass is 32.2. The second-order valence-electron chi connectivity index (χ2n) is 17.1. The Balaban J connectivity index is 1.18. The highest BCUT2D eigenvalue weighted by Crippen LogP contribution is 2.45. The third-order valence-electron chi connectivity index (χ3n) is 11.9. The van der Waals surface area contributed by atoms with Crippen molar-refractivity contribution in [2.45, 2.75) is 95.1 Å². The number of methoxy groups -OCH3 is 1. The van der Waals surface area contributed by atoms with Gasteiger partial charge in [-0.25, -0.2) is 13.4 Å². The molecule has 3 heterocycles. The van der Waals surface area contributed by atoms with Crippen LogP contribution in [-0.4, -0.2) is 97.2 Å². The Hall–Kier alpha value is -4.53. The maximum atomic E-state index is 14.9. The molecule has 0 bridgehead atoms. The number of fused-ring (bicyclic) bond motifs is 1. The number of ether oxygens (including phenoxy) is 2. The number of rotatable bonds is 15. The fraction of sp³-hybridized carbons (Fsp3) is 0.535. The molecule has 2 saturated heterocycles. The molecule has 2 N–H and O–H groups in total. The Bertz CT molecular complexity index is 2100. The first-order valence-electron chi connectivity index (χ1n) is 20.1. The van der Waals surface area contributed by atoms with Crippen LogP contribution in [0.3, 0.4) is 0 Å². The van der Waals surface area contributed by atoms with Crippen LogP contribution in [0.4, 0.5) is 0 Å². The Kier molecular flexibility index (Phi) is 11.7. The number of likely N-dealkylation sites (tertiary alicyclic amines) is 2. The molecule has 5 atom stereocenters. The Labute approximate surface area is 335 Å². The fourth-order valence-corrected chi connectivity index (χ4v) is 9.24. The number of benzene rings is 2. The van der Waals surface area contributed by atoms with E-state index in [4.69, 9.17) is 19.3 Å². The van der Waals surface area contributed by atoms with Crippen molar-refractivity contribution in [3.05, 3.63) is 67.3 Å². The van der Waals surface area contributed by atoms with E-state index in [0.29, 0.717) is 55.1 Å². The maximum absolute atomic E-state index is 14.9. The zero-order valence-corrected chi connectivity index (χ0v) is 34.2. The normalized spacial score (nSPS) is 24.2. The highest BCUT2D eigenvalue weighted by Gasteiger charge is 2.56. The lowest BCUT2D eigenvalue weighted by molar-refractivity contribution is -0.148. The van der Waals surface area contributed by atoms with Gasteiger partial charge in [0.1, 0.15) is 23.6 Å². The van der Waals surface area contributed by atoms with E-state index in [0.717, 1.165) is 30.2 Å². The van der Waals surface area contributed by atoms with Crippen molar-refractivity contribution >= 4 is 38.6 Å². The van der Waals surface area contributed by atoms with Crippen LogP contribution < -0.4 is 19.7 Å². The molecule has 0 spiro atoms. The molecular formula is C43H55N5O8S. The molecule has 5 unspecified atom stereocenters. The molecule has 0 radical (unpaired) electrons. The number of hydrogen-bond acceptors (Lipinski definition) is 9. The first kappa shape index (κ1) is 40.7. The van der Waals surface area contributed by atoms with Crippen LogP contribution >= 0.6 is 0 Å². The van der Waals surface area contributed by atoms with Crippen LogP contribution in [0.5, 0.6) is 11.5 Å². The molecule has 2 aliphatic heterocycles. The van der Waals surface area contributed by atoms with Crippen LogP contribution in [0.2, 0.25) is 0 Å². The van der Waals surface area contributed by atoms with Gasteiger partial charge < -0.3 is 24.6 Å². The molecule has 7 rings (SSSR count). The Morgan fingerprint density at radius 1 is 1.05 bits per heavy atom. The number of nitrogens with zero attached hydrogens (tertiary/aromatic N) is 3. The zero-order chi connectivity index (χ0) is 40.5. The smallest absolute Gasteiger partial charge is 0.243 e. The van der Waals surface area contributed by atoms with Gasteiger partial charge in [-0.15, -0.1) is 6.58 Å². The molecule has 4 fully saturated rings. The lowest BCUT2D eigenvalue weighted by atomic mass is 9.77. The number of piperidine rings is 1. The van der Waals surface area contributed by atoms with Gasteiger partial charge in [0.25, 0.3) is 0 Å². The maximum Gasteiger partial charge on any atom is 0.243 e. The standard InChI is InChI=1S/C43H55N5O8S/c1-6-29-25-43(29,27-55-46-57(52,53)32-16-17-32)45-40(50)37-22-31(26-48(37)41(51)34(42(2,3)4)23-39(49)47-19-11-8-12-20-47)56-38-24-35(28-13-9-7-10-14-28)44-36-21-30(54-5)15-18-33(36)38/h6-7,9-10,13-15,18,21,24,29,31-32,34,37,46H,1,8,11-12,16-17,19-20,22-23,25-27H2,2-5H3,(H,45,50). The van der Waals surface area contributed by atoms with Gasteiger partial charge in [0.15, 0.2) is 0 Å². The van der Waals surface area contributed by atoms with Gasteiger partial charge >= 0.3 is 0 Å². The number of pyridine rings is 1. The summed E-state index contributed by atoms with van der Waals surface area (Å²) in [6, 6.07) is 16.3. The molecule has 13 nitrogen and oxygen atoms in total. The zero-order valence-electron chi connectivity index (χ0n) is 33.4. The monoisotopic (exact) mass is 801 g/mol. The van der Waals surface area contributed by atoms with E-state index in [-0.39, 0.29) is 43.7 Å². The van der Waals surface area contributed by atoms with E-state index in [1.54, 1.807) is 18.1 Å². The van der Waals surface area contributed by atoms with Crippen LogP contribution in [0.1, 0.15) is 72.1 Å². The molecule has 3 aromatic rings. The second-order valence-corrected chi connectivity index (χ2v) is 19.0. The van der Waals surface area contributed by atoms with Gasteiger partial charge in [-0.3, -0.25) is 19.2 Å². The third kappa shape index (κ3) is 9.13. The summed E-state index contributed by atoms with van der Waals surface area (Å²) >= 11 is 0. The van der Waals surface area contributed by atoms with Crippen molar-refractivity contribution in [3.63, 3.8) is 0 Å². The average molecular weight is 802 g/mol. The summed E-state index contributed by atoms with van der Waals surface area (Å²) in [7, 11) is -2.01. The summed E-state index contributed by atoms with van der Waals surface area (Å²) < 4.78 is 37.3.